The SMILES string of the molecule is CCN(CC(=O)Nc1cccc(C2(C)NC(=O)NC2=O)c1)c1ccccc1. The second-order valence-corrected chi connectivity index (χ2v) is 6.51. The standard InChI is InChI=1S/C20H22N4O3/c1-3-24(16-10-5-4-6-11-16)13-17(25)21-15-9-7-8-14(12-15)20(2)18(26)22-19(27)23-20/h4-12H,3,13H2,1-2H3,(H,21,25)(H2,22,23,26,27). The van der Waals surface area contributed by atoms with E-state index >= 15 is 0 Å². The van der Waals surface area contributed by atoms with Gasteiger partial charge in [-0.15, -0.1) is 0 Å². The van der Waals surface area contributed by atoms with Gasteiger partial charge < -0.3 is 15.5 Å². The fourth-order valence-electron chi connectivity index (χ4n) is 3.05. The second kappa shape index (κ2) is 7.49. The minimum Gasteiger partial charge on any atom is -0.362 e. The lowest BCUT2D eigenvalue weighted by Crippen LogP contribution is -2.40. The summed E-state index contributed by atoms with van der Waals surface area (Å²) in [7, 11) is 0. The number of amides is 4. The van der Waals surface area contributed by atoms with E-state index in [0.29, 0.717) is 17.8 Å². The Labute approximate surface area is 157 Å². The van der Waals surface area contributed by atoms with Gasteiger partial charge in [0, 0.05) is 17.9 Å². The van der Waals surface area contributed by atoms with Crippen LogP contribution < -0.4 is 20.9 Å². The van der Waals surface area contributed by atoms with Gasteiger partial charge in [0.2, 0.25) is 5.91 Å². The molecule has 3 rings (SSSR count). The molecule has 1 unspecified atom stereocenters. The molecule has 1 aliphatic heterocycles. The molecule has 4 amide bonds. The number of benzene rings is 2. The van der Waals surface area contributed by atoms with Crippen LogP contribution in [-0.2, 0) is 15.1 Å². The van der Waals surface area contributed by atoms with Crippen molar-refractivity contribution in [2.45, 2.75) is 19.4 Å². The summed E-state index contributed by atoms with van der Waals surface area (Å²) in [5.74, 6) is -0.583. The van der Waals surface area contributed by atoms with Crippen LogP contribution in [0.2, 0.25) is 0 Å². The van der Waals surface area contributed by atoms with Gasteiger partial charge in [-0.2, -0.15) is 0 Å². The van der Waals surface area contributed by atoms with E-state index in [-0.39, 0.29) is 12.5 Å². The molecule has 1 heterocycles. The summed E-state index contributed by atoms with van der Waals surface area (Å²) in [4.78, 5) is 38.0. The third-order valence-electron chi connectivity index (χ3n) is 4.61. The topological polar surface area (TPSA) is 90.5 Å². The number of hydrogen-bond donors (Lipinski definition) is 3. The van der Waals surface area contributed by atoms with Gasteiger partial charge in [-0.25, -0.2) is 4.79 Å². The summed E-state index contributed by atoms with van der Waals surface area (Å²) >= 11 is 0. The smallest absolute Gasteiger partial charge is 0.322 e. The number of carbonyl (C=O) groups is 3. The zero-order valence-corrected chi connectivity index (χ0v) is 15.3. The summed E-state index contributed by atoms with van der Waals surface area (Å²) in [6, 6.07) is 16.1. The van der Waals surface area contributed by atoms with E-state index in [0.717, 1.165) is 5.69 Å². The van der Waals surface area contributed by atoms with Crippen LogP contribution in [0.3, 0.4) is 0 Å². The molecule has 140 valence electrons. The first-order chi connectivity index (χ1) is 12.9. The number of para-hydroxylation sites is 1. The number of rotatable bonds is 6. The Bertz CT molecular complexity index is 869. The molecule has 0 aliphatic carbocycles. The molecular weight excluding hydrogens is 344 g/mol. The van der Waals surface area contributed by atoms with Crippen molar-refractivity contribution in [2.75, 3.05) is 23.3 Å². The number of urea groups is 1. The normalized spacial score (nSPS) is 18.6. The molecule has 2 aromatic rings. The number of imide groups is 1. The maximum absolute atomic E-state index is 12.5. The highest BCUT2D eigenvalue weighted by atomic mass is 16.2. The average Bonchev–Trinajstić information content (AvgIpc) is 2.93. The van der Waals surface area contributed by atoms with Crippen LogP contribution in [0.1, 0.15) is 19.4 Å². The molecule has 7 nitrogen and oxygen atoms in total. The fourth-order valence-corrected chi connectivity index (χ4v) is 3.05. The lowest BCUT2D eigenvalue weighted by molar-refractivity contribution is -0.123. The van der Waals surface area contributed by atoms with Crippen LogP contribution >= 0.6 is 0 Å². The highest BCUT2D eigenvalue weighted by Crippen LogP contribution is 2.26. The average molecular weight is 366 g/mol. The van der Waals surface area contributed by atoms with Crippen LogP contribution in [0.4, 0.5) is 16.2 Å². The molecule has 2 aromatic carbocycles. The molecule has 1 saturated heterocycles. The van der Waals surface area contributed by atoms with Gasteiger partial charge in [0.05, 0.1) is 6.54 Å². The predicted molar refractivity (Wildman–Crippen MR) is 103 cm³/mol. The lowest BCUT2D eigenvalue weighted by atomic mass is 9.92. The van der Waals surface area contributed by atoms with E-state index in [4.69, 9.17) is 0 Å². The van der Waals surface area contributed by atoms with Gasteiger partial charge in [-0.3, -0.25) is 14.9 Å². The summed E-state index contributed by atoms with van der Waals surface area (Å²) in [6.45, 7) is 4.52. The summed E-state index contributed by atoms with van der Waals surface area (Å²) < 4.78 is 0. The summed E-state index contributed by atoms with van der Waals surface area (Å²) in [5, 5.41) is 7.71. The summed E-state index contributed by atoms with van der Waals surface area (Å²) in [5.41, 5.74) is 0.981. The largest absolute Gasteiger partial charge is 0.362 e. The number of nitrogens with zero attached hydrogens (tertiary/aromatic N) is 1. The molecule has 0 radical (unpaired) electrons. The Balaban J connectivity index is 1.72. The molecule has 7 heteroatoms. The van der Waals surface area contributed by atoms with Crippen molar-refractivity contribution >= 4 is 29.2 Å². The van der Waals surface area contributed by atoms with E-state index in [1.807, 2.05) is 42.2 Å². The number of likely N-dealkylation sites (N-methyl/N-ethyl adjacent to an activating group) is 1. The number of anilines is 2. The molecule has 27 heavy (non-hydrogen) atoms. The van der Waals surface area contributed by atoms with E-state index in [1.165, 1.54) is 0 Å². The predicted octanol–water partition coefficient (Wildman–Crippen LogP) is 2.21. The summed E-state index contributed by atoms with van der Waals surface area (Å²) in [6.07, 6.45) is 0. The highest BCUT2D eigenvalue weighted by molar-refractivity contribution is 6.07. The van der Waals surface area contributed by atoms with Crippen molar-refractivity contribution in [3.8, 4) is 0 Å². The third-order valence-corrected chi connectivity index (χ3v) is 4.61. The Kier molecular flexibility index (Phi) is 5.12. The molecule has 1 atom stereocenters. The van der Waals surface area contributed by atoms with Crippen LogP contribution in [0.5, 0.6) is 0 Å². The van der Waals surface area contributed by atoms with E-state index in [9.17, 15) is 14.4 Å². The molecule has 1 aliphatic rings. The highest BCUT2D eigenvalue weighted by Gasteiger charge is 2.43. The third kappa shape index (κ3) is 3.92. The van der Waals surface area contributed by atoms with Gasteiger partial charge >= 0.3 is 6.03 Å². The number of carbonyl (C=O) groups excluding carboxylic acids is 3. The van der Waals surface area contributed by atoms with Gasteiger partial charge in [-0.05, 0) is 43.7 Å². The Morgan fingerprint density at radius 3 is 2.48 bits per heavy atom. The van der Waals surface area contributed by atoms with Crippen molar-refractivity contribution in [3.05, 3.63) is 60.2 Å². The zero-order chi connectivity index (χ0) is 19.4. The molecule has 0 spiro atoms. The number of hydrogen-bond acceptors (Lipinski definition) is 4. The van der Waals surface area contributed by atoms with Crippen molar-refractivity contribution in [1.29, 1.82) is 0 Å². The van der Waals surface area contributed by atoms with E-state index in [2.05, 4.69) is 16.0 Å². The lowest BCUT2D eigenvalue weighted by Gasteiger charge is -2.23. The number of nitrogens with one attached hydrogen (secondary N) is 3. The molecule has 0 aromatic heterocycles. The first kappa shape index (κ1) is 18.4. The minimum atomic E-state index is -1.16. The second-order valence-electron chi connectivity index (χ2n) is 6.51. The van der Waals surface area contributed by atoms with E-state index < -0.39 is 17.5 Å². The first-order valence-electron chi connectivity index (χ1n) is 8.76. The monoisotopic (exact) mass is 366 g/mol. The van der Waals surface area contributed by atoms with Gasteiger partial charge in [0.1, 0.15) is 5.54 Å². The molecule has 0 saturated carbocycles. The van der Waals surface area contributed by atoms with Crippen molar-refractivity contribution in [2.24, 2.45) is 0 Å². The van der Waals surface area contributed by atoms with Crippen molar-refractivity contribution in [1.82, 2.24) is 10.6 Å². The van der Waals surface area contributed by atoms with Gasteiger partial charge in [0.15, 0.2) is 0 Å². The van der Waals surface area contributed by atoms with Crippen LogP contribution in [-0.4, -0.2) is 30.9 Å². The fraction of sp³-hybridized carbons (Fsp3) is 0.250. The zero-order valence-electron chi connectivity index (χ0n) is 15.3. The van der Waals surface area contributed by atoms with Gasteiger partial charge in [-0.1, -0.05) is 30.3 Å². The molecule has 3 N–H and O–H groups in total. The Morgan fingerprint density at radius 2 is 1.85 bits per heavy atom. The molecule has 0 bridgehead atoms. The van der Waals surface area contributed by atoms with Crippen LogP contribution in [0.15, 0.2) is 54.6 Å². The Morgan fingerprint density at radius 1 is 1.11 bits per heavy atom. The van der Waals surface area contributed by atoms with Crippen LogP contribution in [0, 0.1) is 0 Å². The first-order valence-corrected chi connectivity index (χ1v) is 8.76. The molecule has 1 fully saturated rings. The van der Waals surface area contributed by atoms with Crippen molar-refractivity contribution in [3.63, 3.8) is 0 Å². The Hall–Kier alpha value is -3.35. The minimum absolute atomic E-state index is 0.164. The maximum atomic E-state index is 12.5. The van der Waals surface area contributed by atoms with Crippen molar-refractivity contribution < 1.29 is 14.4 Å². The van der Waals surface area contributed by atoms with Gasteiger partial charge in [0.25, 0.3) is 5.91 Å². The maximum Gasteiger partial charge on any atom is 0.322 e. The van der Waals surface area contributed by atoms with E-state index in [1.54, 1.807) is 31.2 Å². The molecular formula is C20H22N4O3. The van der Waals surface area contributed by atoms with Crippen LogP contribution in [0.25, 0.3) is 0 Å². The quantitative estimate of drug-likeness (QED) is 0.684.